The summed E-state index contributed by atoms with van der Waals surface area (Å²) in [5.41, 5.74) is 0.472. The maximum Gasteiger partial charge on any atom is 0.226 e. The van der Waals surface area contributed by atoms with E-state index >= 15 is 0 Å². The zero-order valence-electron chi connectivity index (χ0n) is 15.9. The van der Waals surface area contributed by atoms with Gasteiger partial charge in [-0.25, -0.2) is 4.98 Å². The Labute approximate surface area is 164 Å². The molecule has 0 radical (unpaired) electrons. The van der Waals surface area contributed by atoms with Gasteiger partial charge >= 0.3 is 0 Å². The molecule has 28 heavy (non-hydrogen) atoms. The number of morpholine rings is 1. The third kappa shape index (κ3) is 3.13. The van der Waals surface area contributed by atoms with Gasteiger partial charge in [-0.1, -0.05) is 6.92 Å². The first-order valence-electron chi connectivity index (χ1n) is 9.85. The molecule has 8 nitrogen and oxygen atoms in total. The van der Waals surface area contributed by atoms with Gasteiger partial charge in [-0.2, -0.15) is 5.26 Å². The van der Waals surface area contributed by atoms with E-state index in [4.69, 9.17) is 4.74 Å². The van der Waals surface area contributed by atoms with E-state index in [-0.39, 0.29) is 29.6 Å². The van der Waals surface area contributed by atoms with Crippen molar-refractivity contribution in [2.24, 2.45) is 23.7 Å². The Morgan fingerprint density at radius 3 is 2.68 bits per heavy atom. The van der Waals surface area contributed by atoms with Gasteiger partial charge < -0.3 is 24.7 Å². The number of aromatic nitrogens is 1. The molecule has 1 saturated carbocycles. The van der Waals surface area contributed by atoms with Crippen LogP contribution in [0.1, 0.15) is 12.5 Å². The number of nitrogens with zero attached hydrogens (tertiary/aromatic N) is 4. The fraction of sp³-hybridized carbons (Fsp3) is 0.650. The molecule has 1 aromatic heterocycles. The molecule has 1 aromatic rings. The molecule has 0 bridgehead atoms. The minimum Gasteiger partial charge on any atom is -0.390 e. The van der Waals surface area contributed by atoms with Gasteiger partial charge in [-0.3, -0.25) is 4.79 Å². The number of carbonyl (C=O) groups excluding carboxylic acids is 1. The number of anilines is 1. The van der Waals surface area contributed by atoms with Crippen molar-refractivity contribution in [1.29, 1.82) is 5.26 Å². The highest BCUT2D eigenvalue weighted by Crippen LogP contribution is 2.45. The quantitative estimate of drug-likeness (QED) is 0.727. The highest BCUT2D eigenvalue weighted by atomic mass is 16.5. The summed E-state index contributed by atoms with van der Waals surface area (Å²) in [6.45, 7) is 5.01. The number of fused-ring (bicyclic) bond motifs is 1. The molecule has 0 spiro atoms. The molecule has 2 saturated heterocycles. The molecular formula is C20H26N4O4. The van der Waals surface area contributed by atoms with Gasteiger partial charge in [-0.05, 0) is 24.0 Å². The van der Waals surface area contributed by atoms with Gasteiger partial charge in [0.25, 0.3) is 0 Å². The first kappa shape index (κ1) is 19.1. The van der Waals surface area contributed by atoms with Crippen LogP contribution in [-0.2, 0) is 9.53 Å². The molecule has 4 rings (SSSR count). The Bertz CT molecular complexity index is 776. The predicted molar refractivity (Wildman–Crippen MR) is 100 cm³/mol. The monoisotopic (exact) mass is 386 g/mol. The number of amides is 1. The lowest BCUT2D eigenvalue weighted by Crippen LogP contribution is -2.57. The summed E-state index contributed by atoms with van der Waals surface area (Å²) < 4.78 is 5.36. The van der Waals surface area contributed by atoms with Crippen molar-refractivity contribution in [1.82, 2.24) is 9.88 Å². The van der Waals surface area contributed by atoms with Crippen molar-refractivity contribution >= 4 is 11.7 Å². The van der Waals surface area contributed by atoms with Gasteiger partial charge in [0, 0.05) is 44.2 Å². The maximum absolute atomic E-state index is 13.3. The lowest BCUT2D eigenvalue weighted by molar-refractivity contribution is -0.158. The number of hydrogen-bond donors (Lipinski definition) is 2. The summed E-state index contributed by atoms with van der Waals surface area (Å²) in [4.78, 5) is 21.5. The van der Waals surface area contributed by atoms with Crippen LogP contribution in [0, 0.1) is 35.0 Å². The summed E-state index contributed by atoms with van der Waals surface area (Å²) in [6.07, 6.45) is -0.203. The standard InChI is InChI=1S/C20H26N4O4/c1-12-16(20(27)23-5-7-28-8-6-23)14-10-24(11-15(14)18(26)17(12)25)19-13(9-21)3-2-4-22-19/h2-4,12,14-18,25-26H,5-8,10-11H2,1H3/t12-,14+,15+,16+,17+,18+/m1/s1. The molecule has 0 aromatic carbocycles. The average Bonchev–Trinajstić information content (AvgIpc) is 3.17. The number of aliphatic hydroxyl groups excluding tert-OH is 2. The predicted octanol–water partition coefficient (Wildman–Crippen LogP) is -0.148. The smallest absolute Gasteiger partial charge is 0.226 e. The van der Waals surface area contributed by atoms with E-state index in [0.29, 0.717) is 50.8 Å². The summed E-state index contributed by atoms with van der Waals surface area (Å²) >= 11 is 0. The zero-order chi connectivity index (χ0) is 19.8. The van der Waals surface area contributed by atoms with Crippen molar-refractivity contribution in [2.75, 3.05) is 44.3 Å². The molecule has 1 aliphatic carbocycles. The number of pyridine rings is 1. The van der Waals surface area contributed by atoms with Crippen molar-refractivity contribution in [3.63, 3.8) is 0 Å². The Morgan fingerprint density at radius 2 is 1.96 bits per heavy atom. The third-order valence-corrected chi connectivity index (χ3v) is 6.58. The van der Waals surface area contributed by atoms with Crippen LogP contribution >= 0.6 is 0 Å². The molecule has 1 amide bonds. The number of hydrogen-bond acceptors (Lipinski definition) is 7. The van der Waals surface area contributed by atoms with Crippen molar-refractivity contribution in [3.8, 4) is 6.07 Å². The molecule has 6 atom stereocenters. The molecule has 3 fully saturated rings. The SMILES string of the molecule is C[C@H]1[C@H](O)[C@@H](O)[C@H]2CN(c3ncccc3C#N)C[C@@H]2[C@H]1C(=O)N1CCOCC1. The Balaban J connectivity index is 1.63. The maximum atomic E-state index is 13.3. The normalized spacial score (nSPS) is 35.4. The molecular weight excluding hydrogens is 360 g/mol. The first-order chi connectivity index (χ1) is 13.5. The molecule has 0 unspecified atom stereocenters. The van der Waals surface area contributed by atoms with E-state index in [1.165, 1.54) is 0 Å². The van der Waals surface area contributed by atoms with E-state index in [2.05, 4.69) is 11.1 Å². The summed E-state index contributed by atoms with van der Waals surface area (Å²) in [7, 11) is 0. The molecule has 150 valence electrons. The van der Waals surface area contributed by atoms with Gasteiger partial charge in [0.1, 0.15) is 11.9 Å². The van der Waals surface area contributed by atoms with E-state index in [1.807, 2.05) is 16.7 Å². The van der Waals surface area contributed by atoms with Crippen LogP contribution in [0.25, 0.3) is 0 Å². The summed E-state index contributed by atoms with van der Waals surface area (Å²) in [5.74, 6) is -0.454. The Hall–Kier alpha value is -2.21. The van der Waals surface area contributed by atoms with Crippen LogP contribution in [0.2, 0.25) is 0 Å². The van der Waals surface area contributed by atoms with Crippen LogP contribution in [-0.4, -0.2) is 77.6 Å². The van der Waals surface area contributed by atoms with Gasteiger partial charge in [0.2, 0.25) is 5.91 Å². The minimum absolute atomic E-state index is 0.0279. The second-order valence-electron chi connectivity index (χ2n) is 8.02. The van der Waals surface area contributed by atoms with Gasteiger partial charge in [0.05, 0.1) is 31.0 Å². The number of nitriles is 1. The van der Waals surface area contributed by atoms with Crippen molar-refractivity contribution in [2.45, 2.75) is 19.1 Å². The first-order valence-corrected chi connectivity index (χ1v) is 9.85. The lowest BCUT2D eigenvalue weighted by atomic mass is 9.65. The second kappa shape index (κ2) is 7.66. The van der Waals surface area contributed by atoms with E-state index in [0.717, 1.165) is 0 Å². The Morgan fingerprint density at radius 1 is 1.25 bits per heavy atom. The lowest BCUT2D eigenvalue weighted by Gasteiger charge is -2.45. The highest BCUT2D eigenvalue weighted by molar-refractivity contribution is 5.80. The van der Waals surface area contributed by atoms with Crippen LogP contribution in [0.5, 0.6) is 0 Å². The van der Waals surface area contributed by atoms with Crippen LogP contribution < -0.4 is 4.90 Å². The fourth-order valence-electron chi connectivity index (χ4n) is 5.07. The van der Waals surface area contributed by atoms with E-state index in [9.17, 15) is 20.3 Å². The van der Waals surface area contributed by atoms with E-state index in [1.54, 1.807) is 18.3 Å². The second-order valence-corrected chi connectivity index (χ2v) is 8.02. The number of rotatable bonds is 2. The van der Waals surface area contributed by atoms with Gasteiger partial charge in [0.15, 0.2) is 0 Å². The largest absolute Gasteiger partial charge is 0.390 e. The molecule has 2 aliphatic heterocycles. The molecule has 2 N–H and O–H groups in total. The topological polar surface area (TPSA) is 110 Å². The zero-order valence-corrected chi connectivity index (χ0v) is 15.9. The summed E-state index contributed by atoms with van der Waals surface area (Å²) in [6, 6.07) is 5.60. The molecule has 3 aliphatic rings. The minimum atomic E-state index is -0.949. The highest BCUT2D eigenvalue weighted by Gasteiger charge is 2.55. The number of aliphatic hydroxyl groups is 2. The van der Waals surface area contributed by atoms with Crippen LogP contribution in [0.15, 0.2) is 18.3 Å². The average molecular weight is 386 g/mol. The van der Waals surface area contributed by atoms with Crippen LogP contribution in [0.3, 0.4) is 0 Å². The van der Waals surface area contributed by atoms with Crippen molar-refractivity contribution < 1.29 is 19.7 Å². The third-order valence-electron chi connectivity index (χ3n) is 6.58. The Kier molecular flexibility index (Phi) is 5.23. The fourth-order valence-corrected chi connectivity index (χ4v) is 5.07. The van der Waals surface area contributed by atoms with Crippen molar-refractivity contribution in [3.05, 3.63) is 23.9 Å². The number of carbonyl (C=O) groups is 1. The molecule has 8 heteroatoms. The van der Waals surface area contributed by atoms with E-state index < -0.39 is 12.2 Å². The summed E-state index contributed by atoms with van der Waals surface area (Å²) in [5, 5.41) is 30.8. The molecule has 3 heterocycles. The van der Waals surface area contributed by atoms with Gasteiger partial charge in [-0.15, -0.1) is 0 Å². The van der Waals surface area contributed by atoms with Crippen LogP contribution in [0.4, 0.5) is 5.82 Å². The number of ether oxygens (including phenoxy) is 1.